The monoisotopic (exact) mass is 345 g/mol. The van der Waals surface area contributed by atoms with Crippen molar-refractivity contribution in [2.75, 3.05) is 6.54 Å². The van der Waals surface area contributed by atoms with E-state index in [4.69, 9.17) is 12.2 Å². The molecule has 1 heterocycles. The Morgan fingerprint density at radius 2 is 1.79 bits per heavy atom. The third kappa shape index (κ3) is 4.45. The molecule has 0 fully saturated rings. The fraction of sp³-hybridized carbons (Fsp3) is 0.316. The highest BCUT2D eigenvalue weighted by molar-refractivity contribution is 7.80. The quantitative estimate of drug-likeness (QED) is 0.474. The molecule has 0 amide bonds. The fourth-order valence-corrected chi connectivity index (χ4v) is 2.90. The summed E-state index contributed by atoms with van der Waals surface area (Å²) < 4.78 is 14.9. The predicted octanol–water partition coefficient (Wildman–Crippen LogP) is 3.43. The van der Waals surface area contributed by atoms with E-state index in [-0.39, 0.29) is 11.6 Å². The standard InChI is InChI=1S/C19H21FN2OS/c1-3-5-14-10-12-22(13-11-14)17(19(24)21-4-2)18(23)15-6-8-16(20)9-7-15/h6-13,17H,3-5H2,1-2H3/p+1/t17-/m0/s1. The van der Waals surface area contributed by atoms with E-state index in [1.807, 2.05) is 31.5 Å². The molecule has 24 heavy (non-hydrogen) atoms. The lowest BCUT2D eigenvalue weighted by atomic mass is 10.0. The largest absolute Gasteiger partial charge is 0.374 e. The Labute approximate surface area is 147 Å². The molecule has 0 spiro atoms. The minimum absolute atomic E-state index is 0.158. The SMILES string of the molecule is CCCc1cc[n+]([C@@H](C(=O)c2ccc(F)cc2)C(=S)NCC)cc1. The number of Topliss-reactive ketones (excluding diaryl/α,β-unsaturated/α-hetero) is 1. The first-order valence-corrected chi connectivity index (χ1v) is 8.54. The average molecular weight is 345 g/mol. The van der Waals surface area contributed by atoms with Gasteiger partial charge in [-0.3, -0.25) is 4.79 Å². The number of halogens is 1. The first-order chi connectivity index (χ1) is 11.6. The molecule has 0 aliphatic carbocycles. The lowest BCUT2D eigenvalue weighted by molar-refractivity contribution is -0.692. The van der Waals surface area contributed by atoms with Gasteiger partial charge in [0.1, 0.15) is 5.82 Å². The normalized spacial score (nSPS) is 11.8. The summed E-state index contributed by atoms with van der Waals surface area (Å²) in [4.78, 5) is 13.4. The zero-order valence-corrected chi connectivity index (χ0v) is 14.8. The number of aromatic nitrogens is 1. The Hall–Kier alpha value is -2.14. The Kier molecular flexibility index (Phi) is 6.55. The van der Waals surface area contributed by atoms with Crippen LogP contribution in [0.15, 0.2) is 48.8 Å². The van der Waals surface area contributed by atoms with Gasteiger partial charge in [-0.15, -0.1) is 0 Å². The van der Waals surface area contributed by atoms with Crippen LogP contribution in [0.1, 0.15) is 42.2 Å². The molecule has 0 radical (unpaired) electrons. The van der Waals surface area contributed by atoms with Crippen LogP contribution in [0.3, 0.4) is 0 Å². The van der Waals surface area contributed by atoms with Gasteiger partial charge in [-0.05, 0) is 43.2 Å². The molecule has 0 saturated carbocycles. The van der Waals surface area contributed by atoms with E-state index in [2.05, 4.69) is 12.2 Å². The molecule has 1 N–H and O–H groups in total. The van der Waals surface area contributed by atoms with E-state index in [1.165, 1.54) is 29.8 Å². The van der Waals surface area contributed by atoms with E-state index in [1.54, 1.807) is 4.57 Å². The minimum Gasteiger partial charge on any atom is -0.374 e. The summed E-state index contributed by atoms with van der Waals surface area (Å²) in [6.07, 6.45) is 5.81. The molecule has 3 nitrogen and oxygen atoms in total. The molecule has 0 aliphatic rings. The van der Waals surface area contributed by atoms with Gasteiger partial charge < -0.3 is 5.32 Å². The molecular formula is C19H22FN2OS+. The van der Waals surface area contributed by atoms with E-state index < -0.39 is 6.04 Å². The second kappa shape index (κ2) is 8.64. The van der Waals surface area contributed by atoms with Crippen molar-refractivity contribution in [3.8, 4) is 0 Å². The van der Waals surface area contributed by atoms with Gasteiger partial charge in [0.2, 0.25) is 5.78 Å². The van der Waals surface area contributed by atoms with Crippen LogP contribution in [0.4, 0.5) is 4.39 Å². The van der Waals surface area contributed by atoms with Crippen LogP contribution in [0, 0.1) is 5.82 Å². The lowest BCUT2D eigenvalue weighted by Crippen LogP contribution is -2.51. The van der Waals surface area contributed by atoms with E-state index in [0.29, 0.717) is 17.1 Å². The molecule has 0 unspecified atom stereocenters. The number of ketones is 1. The zero-order chi connectivity index (χ0) is 17.5. The van der Waals surface area contributed by atoms with E-state index in [0.717, 1.165) is 12.8 Å². The van der Waals surface area contributed by atoms with Crippen LogP contribution < -0.4 is 9.88 Å². The van der Waals surface area contributed by atoms with Crippen LogP contribution in [-0.2, 0) is 6.42 Å². The van der Waals surface area contributed by atoms with Crippen molar-refractivity contribution in [2.24, 2.45) is 0 Å². The molecule has 2 rings (SSSR count). The molecule has 1 aromatic carbocycles. The molecule has 0 saturated heterocycles. The molecule has 1 atom stereocenters. The predicted molar refractivity (Wildman–Crippen MR) is 96.7 cm³/mol. The number of hydrogen-bond acceptors (Lipinski definition) is 2. The highest BCUT2D eigenvalue weighted by atomic mass is 32.1. The topological polar surface area (TPSA) is 33.0 Å². The Balaban J connectivity index is 2.35. The third-order valence-electron chi connectivity index (χ3n) is 3.73. The minimum atomic E-state index is -0.638. The fourth-order valence-electron chi connectivity index (χ4n) is 2.53. The number of benzene rings is 1. The van der Waals surface area contributed by atoms with E-state index in [9.17, 15) is 9.18 Å². The number of carbonyl (C=O) groups is 1. The van der Waals surface area contributed by atoms with Gasteiger partial charge in [-0.1, -0.05) is 25.6 Å². The molecule has 1 aromatic heterocycles. The number of thiocarbonyl (C=S) groups is 1. The van der Waals surface area contributed by atoms with Gasteiger partial charge in [0.25, 0.3) is 6.04 Å². The number of nitrogens with zero attached hydrogens (tertiary/aromatic N) is 1. The van der Waals surface area contributed by atoms with Gasteiger partial charge in [-0.25, -0.2) is 4.39 Å². The van der Waals surface area contributed by atoms with Crippen LogP contribution in [0.25, 0.3) is 0 Å². The van der Waals surface area contributed by atoms with Crippen molar-refractivity contribution in [2.45, 2.75) is 32.7 Å². The summed E-state index contributed by atoms with van der Waals surface area (Å²) in [6, 6.07) is 8.93. The second-order valence-electron chi connectivity index (χ2n) is 5.57. The first kappa shape index (κ1) is 18.2. The number of carbonyl (C=O) groups excluding carboxylic acids is 1. The summed E-state index contributed by atoms with van der Waals surface area (Å²) in [5.74, 6) is -0.525. The maximum atomic E-state index is 13.1. The molecule has 2 aromatic rings. The summed E-state index contributed by atoms with van der Waals surface area (Å²) in [5.41, 5.74) is 1.66. The van der Waals surface area contributed by atoms with Gasteiger partial charge in [-0.2, -0.15) is 4.57 Å². The van der Waals surface area contributed by atoms with Crippen molar-refractivity contribution in [1.82, 2.24) is 5.32 Å². The zero-order valence-electron chi connectivity index (χ0n) is 14.0. The molecule has 0 aliphatic heterocycles. The van der Waals surface area contributed by atoms with E-state index >= 15 is 0 Å². The maximum absolute atomic E-state index is 13.1. The van der Waals surface area contributed by atoms with Crippen molar-refractivity contribution in [3.05, 3.63) is 65.7 Å². The average Bonchev–Trinajstić information content (AvgIpc) is 2.58. The van der Waals surface area contributed by atoms with Gasteiger partial charge in [0, 0.05) is 24.2 Å². The summed E-state index contributed by atoms with van der Waals surface area (Å²) in [5, 5.41) is 3.06. The number of aryl methyl sites for hydroxylation is 1. The smallest absolute Gasteiger partial charge is 0.270 e. The van der Waals surface area contributed by atoms with Crippen molar-refractivity contribution >= 4 is 23.0 Å². The number of nitrogens with one attached hydrogen (secondary N) is 1. The lowest BCUT2D eigenvalue weighted by Gasteiger charge is -2.14. The Morgan fingerprint density at radius 3 is 2.33 bits per heavy atom. The highest BCUT2D eigenvalue weighted by Gasteiger charge is 2.32. The Bertz CT molecular complexity index is 698. The highest BCUT2D eigenvalue weighted by Crippen LogP contribution is 2.12. The summed E-state index contributed by atoms with van der Waals surface area (Å²) >= 11 is 5.42. The van der Waals surface area contributed by atoms with Crippen molar-refractivity contribution < 1.29 is 13.8 Å². The third-order valence-corrected chi connectivity index (χ3v) is 4.10. The molecule has 0 bridgehead atoms. The van der Waals surface area contributed by atoms with Crippen LogP contribution >= 0.6 is 12.2 Å². The first-order valence-electron chi connectivity index (χ1n) is 8.14. The second-order valence-corrected chi connectivity index (χ2v) is 6.01. The van der Waals surface area contributed by atoms with Crippen LogP contribution in [-0.4, -0.2) is 17.3 Å². The number of hydrogen-bond donors (Lipinski definition) is 1. The Morgan fingerprint density at radius 1 is 1.17 bits per heavy atom. The number of pyridine rings is 1. The summed E-state index contributed by atoms with van der Waals surface area (Å²) in [7, 11) is 0. The van der Waals surface area contributed by atoms with Crippen LogP contribution in [0.5, 0.6) is 0 Å². The van der Waals surface area contributed by atoms with Crippen molar-refractivity contribution in [3.63, 3.8) is 0 Å². The van der Waals surface area contributed by atoms with Gasteiger partial charge >= 0.3 is 0 Å². The summed E-state index contributed by atoms with van der Waals surface area (Å²) in [6.45, 7) is 4.70. The molecular weight excluding hydrogens is 323 g/mol. The van der Waals surface area contributed by atoms with Crippen LogP contribution in [0.2, 0.25) is 0 Å². The van der Waals surface area contributed by atoms with Gasteiger partial charge in [0.15, 0.2) is 17.4 Å². The maximum Gasteiger partial charge on any atom is 0.270 e. The number of rotatable bonds is 7. The number of likely N-dealkylation sites (N-methyl/N-ethyl adjacent to an activating group) is 1. The molecule has 5 heteroatoms. The van der Waals surface area contributed by atoms with Crippen molar-refractivity contribution in [1.29, 1.82) is 0 Å². The van der Waals surface area contributed by atoms with Gasteiger partial charge in [0.05, 0.1) is 0 Å². The molecule has 126 valence electrons.